The van der Waals surface area contributed by atoms with E-state index in [1.807, 2.05) is 19.9 Å². The van der Waals surface area contributed by atoms with Crippen molar-refractivity contribution in [3.8, 4) is 0 Å². The molecule has 1 rings (SSSR count). The van der Waals surface area contributed by atoms with Crippen LogP contribution in [-0.2, 0) is 0 Å². The Morgan fingerprint density at radius 2 is 2.00 bits per heavy atom. The summed E-state index contributed by atoms with van der Waals surface area (Å²) in [5.74, 6) is 5.17. The van der Waals surface area contributed by atoms with Crippen molar-refractivity contribution >= 4 is 11.6 Å². The van der Waals surface area contributed by atoms with E-state index in [2.05, 4.69) is 10.7 Å². The number of nitrogens with one attached hydrogen (secondary N) is 2. The second kappa shape index (κ2) is 4.62. The summed E-state index contributed by atoms with van der Waals surface area (Å²) in [6.07, 6.45) is 0. The Morgan fingerprint density at radius 1 is 1.36 bits per heavy atom. The summed E-state index contributed by atoms with van der Waals surface area (Å²) in [5.41, 5.74) is 3.68. The molecule has 4 heteroatoms. The van der Waals surface area contributed by atoms with Crippen molar-refractivity contribution in [3.05, 3.63) is 29.8 Å². The molecule has 76 valence electrons. The molecule has 0 unspecified atom stereocenters. The van der Waals surface area contributed by atoms with Gasteiger partial charge in [-0.25, -0.2) is 0 Å². The zero-order valence-electron chi connectivity index (χ0n) is 8.37. The molecule has 0 saturated carbocycles. The SMILES string of the molecule is CC(C)NC(=O)c1ccccc1NN. The number of carbonyl (C=O) groups excluding carboxylic acids is 1. The highest BCUT2D eigenvalue weighted by Crippen LogP contribution is 2.13. The third-order valence-corrected chi connectivity index (χ3v) is 1.75. The topological polar surface area (TPSA) is 67.2 Å². The van der Waals surface area contributed by atoms with Gasteiger partial charge in [-0.05, 0) is 26.0 Å². The molecule has 0 aliphatic heterocycles. The van der Waals surface area contributed by atoms with Crippen LogP contribution in [0.4, 0.5) is 5.69 Å². The van der Waals surface area contributed by atoms with Crippen molar-refractivity contribution in [1.29, 1.82) is 0 Å². The zero-order chi connectivity index (χ0) is 10.6. The highest BCUT2D eigenvalue weighted by molar-refractivity contribution is 5.99. The normalized spacial score (nSPS) is 10.0. The fraction of sp³-hybridized carbons (Fsp3) is 0.300. The van der Waals surface area contributed by atoms with Crippen LogP contribution < -0.4 is 16.6 Å². The lowest BCUT2D eigenvalue weighted by atomic mass is 10.1. The van der Waals surface area contributed by atoms with Crippen LogP contribution in [0.2, 0.25) is 0 Å². The molecule has 1 aromatic carbocycles. The standard InChI is InChI=1S/C10H15N3O/c1-7(2)12-10(14)8-5-3-4-6-9(8)13-11/h3-7,13H,11H2,1-2H3,(H,12,14). The number of para-hydroxylation sites is 1. The van der Waals surface area contributed by atoms with Gasteiger partial charge in [0, 0.05) is 6.04 Å². The number of hydrogen-bond acceptors (Lipinski definition) is 3. The van der Waals surface area contributed by atoms with Crippen LogP contribution in [0.3, 0.4) is 0 Å². The number of hydrazine groups is 1. The Labute approximate surface area is 83.5 Å². The molecule has 0 fully saturated rings. The average Bonchev–Trinajstić information content (AvgIpc) is 2.16. The Morgan fingerprint density at radius 3 is 2.57 bits per heavy atom. The second-order valence-electron chi connectivity index (χ2n) is 3.32. The molecule has 0 atom stereocenters. The highest BCUT2D eigenvalue weighted by Gasteiger charge is 2.10. The van der Waals surface area contributed by atoms with Crippen LogP contribution in [-0.4, -0.2) is 11.9 Å². The number of hydrogen-bond donors (Lipinski definition) is 3. The lowest BCUT2D eigenvalue weighted by Gasteiger charge is -2.11. The van der Waals surface area contributed by atoms with Crippen LogP contribution in [0.25, 0.3) is 0 Å². The first-order valence-corrected chi connectivity index (χ1v) is 4.51. The van der Waals surface area contributed by atoms with Gasteiger partial charge in [-0.1, -0.05) is 12.1 Å². The van der Waals surface area contributed by atoms with Crippen LogP contribution in [0.5, 0.6) is 0 Å². The summed E-state index contributed by atoms with van der Waals surface area (Å²) in [7, 11) is 0. The van der Waals surface area contributed by atoms with Crippen molar-refractivity contribution in [2.75, 3.05) is 5.43 Å². The van der Waals surface area contributed by atoms with E-state index >= 15 is 0 Å². The Hall–Kier alpha value is -1.55. The van der Waals surface area contributed by atoms with Gasteiger partial charge in [0.15, 0.2) is 0 Å². The number of amides is 1. The second-order valence-corrected chi connectivity index (χ2v) is 3.32. The third kappa shape index (κ3) is 2.47. The summed E-state index contributed by atoms with van der Waals surface area (Å²) in [6.45, 7) is 3.83. The van der Waals surface area contributed by atoms with Crippen molar-refractivity contribution in [2.24, 2.45) is 5.84 Å². The minimum absolute atomic E-state index is 0.117. The zero-order valence-corrected chi connectivity index (χ0v) is 8.37. The number of benzene rings is 1. The maximum absolute atomic E-state index is 11.6. The quantitative estimate of drug-likeness (QED) is 0.497. The van der Waals surface area contributed by atoms with E-state index in [9.17, 15) is 4.79 Å². The molecule has 1 amide bonds. The molecule has 0 aliphatic carbocycles. The first-order chi connectivity index (χ1) is 6.65. The molecule has 0 spiro atoms. The van der Waals surface area contributed by atoms with Gasteiger partial charge >= 0.3 is 0 Å². The monoisotopic (exact) mass is 193 g/mol. The largest absolute Gasteiger partial charge is 0.350 e. The van der Waals surface area contributed by atoms with E-state index in [0.29, 0.717) is 11.3 Å². The van der Waals surface area contributed by atoms with Gasteiger partial charge in [0.2, 0.25) is 0 Å². The minimum atomic E-state index is -0.117. The van der Waals surface area contributed by atoms with Gasteiger partial charge in [0.1, 0.15) is 0 Å². The van der Waals surface area contributed by atoms with Crippen LogP contribution in [0.1, 0.15) is 24.2 Å². The fourth-order valence-electron chi connectivity index (χ4n) is 1.15. The Balaban J connectivity index is 2.88. The smallest absolute Gasteiger partial charge is 0.253 e. The van der Waals surface area contributed by atoms with E-state index < -0.39 is 0 Å². The molecule has 1 aromatic rings. The number of nitrogen functional groups attached to an aromatic ring is 1. The highest BCUT2D eigenvalue weighted by atomic mass is 16.1. The molecule has 0 aliphatic rings. The van der Waals surface area contributed by atoms with E-state index in [0.717, 1.165) is 0 Å². The Kier molecular flexibility index (Phi) is 3.48. The van der Waals surface area contributed by atoms with Crippen LogP contribution in [0, 0.1) is 0 Å². The maximum Gasteiger partial charge on any atom is 0.253 e. The number of carbonyl (C=O) groups is 1. The van der Waals surface area contributed by atoms with Crippen molar-refractivity contribution in [1.82, 2.24) is 5.32 Å². The number of anilines is 1. The molecule has 4 nitrogen and oxygen atoms in total. The minimum Gasteiger partial charge on any atom is -0.350 e. The molecular formula is C10H15N3O. The summed E-state index contributed by atoms with van der Waals surface area (Å²) in [5, 5.41) is 2.80. The maximum atomic E-state index is 11.6. The fourth-order valence-corrected chi connectivity index (χ4v) is 1.15. The lowest BCUT2D eigenvalue weighted by Crippen LogP contribution is -2.31. The van der Waals surface area contributed by atoms with E-state index in [1.54, 1.807) is 18.2 Å². The number of rotatable bonds is 3. The predicted molar refractivity (Wildman–Crippen MR) is 56.9 cm³/mol. The van der Waals surface area contributed by atoms with Gasteiger partial charge in [0.05, 0.1) is 11.3 Å². The first-order valence-electron chi connectivity index (χ1n) is 4.51. The molecule has 0 radical (unpaired) electrons. The Bertz CT molecular complexity index is 323. The van der Waals surface area contributed by atoms with Gasteiger partial charge in [-0.3, -0.25) is 10.6 Å². The van der Waals surface area contributed by atoms with Crippen molar-refractivity contribution < 1.29 is 4.79 Å². The molecule has 0 bridgehead atoms. The van der Waals surface area contributed by atoms with E-state index in [1.165, 1.54) is 0 Å². The first kappa shape index (κ1) is 10.5. The van der Waals surface area contributed by atoms with E-state index in [-0.39, 0.29) is 11.9 Å². The summed E-state index contributed by atoms with van der Waals surface area (Å²) in [6, 6.07) is 7.23. The summed E-state index contributed by atoms with van der Waals surface area (Å²) in [4.78, 5) is 11.6. The van der Waals surface area contributed by atoms with Crippen LogP contribution >= 0.6 is 0 Å². The molecular weight excluding hydrogens is 178 g/mol. The van der Waals surface area contributed by atoms with E-state index in [4.69, 9.17) is 5.84 Å². The predicted octanol–water partition coefficient (Wildman–Crippen LogP) is 1.11. The van der Waals surface area contributed by atoms with Gasteiger partial charge in [-0.2, -0.15) is 0 Å². The third-order valence-electron chi connectivity index (χ3n) is 1.75. The lowest BCUT2D eigenvalue weighted by molar-refractivity contribution is 0.0944. The summed E-state index contributed by atoms with van der Waals surface area (Å²) < 4.78 is 0. The molecule has 14 heavy (non-hydrogen) atoms. The van der Waals surface area contributed by atoms with Gasteiger partial charge in [-0.15, -0.1) is 0 Å². The number of nitrogens with two attached hydrogens (primary N) is 1. The van der Waals surface area contributed by atoms with Crippen LogP contribution in [0.15, 0.2) is 24.3 Å². The molecule has 4 N–H and O–H groups in total. The van der Waals surface area contributed by atoms with Crippen molar-refractivity contribution in [3.63, 3.8) is 0 Å². The van der Waals surface area contributed by atoms with Gasteiger partial charge in [0.25, 0.3) is 5.91 Å². The average molecular weight is 193 g/mol. The molecule has 0 aromatic heterocycles. The summed E-state index contributed by atoms with van der Waals surface area (Å²) >= 11 is 0. The van der Waals surface area contributed by atoms with Crippen molar-refractivity contribution in [2.45, 2.75) is 19.9 Å². The molecule has 0 heterocycles. The van der Waals surface area contributed by atoms with Gasteiger partial charge < -0.3 is 10.7 Å². The molecule has 0 saturated heterocycles.